The van der Waals surface area contributed by atoms with Crippen LogP contribution < -0.4 is 0 Å². The smallest absolute Gasteiger partial charge is 0.166 e. The molecule has 3 nitrogen and oxygen atoms in total. The van der Waals surface area contributed by atoms with Gasteiger partial charge in [0.25, 0.3) is 0 Å². The fraction of sp³-hybridized carbons (Fsp3) is 0.286. The van der Waals surface area contributed by atoms with E-state index in [1.54, 1.807) is 6.20 Å². The van der Waals surface area contributed by atoms with Crippen LogP contribution in [0.2, 0.25) is 5.02 Å². The average molecular weight is 261 g/mol. The summed E-state index contributed by atoms with van der Waals surface area (Å²) in [4.78, 5) is 11.9. The van der Waals surface area contributed by atoms with Crippen molar-refractivity contribution < 1.29 is 4.79 Å². The van der Waals surface area contributed by atoms with Crippen molar-refractivity contribution in [3.05, 3.63) is 46.7 Å². The highest BCUT2D eigenvalue weighted by atomic mass is 35.5. The van der Waals surface area contributed by atoms with Crippen molar-refractivity contribution in [1.82, 2.24) is 9.78 Å². The molecule has 1 aliphatic carbocycles. The molecule has 0 N–H and O–H groups in total. The minimum absolute atomic E-state index is 0.211. The molecule has 0 radical (unpaired) electrons. The van der Waals surface area contributed by atoms with Crippen LogP contribution in [-0.4, -0.2) is 15.6 Å². The van der Waals surface area contributed by atoms with Gasteiger partial charge in [0.05, 0.1) is 23.1 Å². The lowest BCUT2D eigenvalue weighted by molar-refractivity contribution is 0.0982. The molecule has 0 atom stereocenters. The zero-order valence-electron chi connectivity index (χ0n) is 9.90. The topological polar surface area (TPSA) is 34.9 Å². The van der Waals surface area contributed by atoms with Gasteiger partial charge in [0.2, 0.25) is 0 Å². The Morgan fingerprint density at radius 3 is 2.61 bits per heavy atom. The fourth-order valence-electron chi connectivity index (χ4n) is 2.36. The second kappa shape index (κ2) is 4.58. The quantitative estimate of drug-likeness (QED) is 0.737. The molecule has 1 aliphatic rings. The van der Waals surface area contributed by atoms with E-state index in [9.17, 15) is 4.79 Å². The minimum Gasteiger partial charge on any atom is -0.294 e. The number of benzene rings is 1. The highest BCUT2D eigenvalue weighted by molar-refractivity contribution is 6.30. The summed E-state index contributed by atoms with van der Waals surface area (Å²) in [6.45, 7) is 0. The molecule has 4 heteroatoms. The molecular formula is C14H13ClN2O. The van der Waals surface area contributed by atoms with Gasteiger partial charge in [-0.25, -0.2) is 4.68 Å². The zero-order valence-corrected chi connectivity index (χ0v) is 10.7. The molecule has 92 valence electrons. The largest absolute Gasteiger partial charge is 0.294 e. The number of hydrogen-bond acceptors (Lipinski definition) is 2. The van der Waals surface area contributed by atoms with Crippen molar-refractivity contribution in [3.63, 3.8) is 0 Å². The molecule has 0 aliphatic heterocycles. The Kier molecular flexibility index (Phi) is 2.92. The van der Waals surface area contributed by atoms with Crippen molar-refractivity contribution in [1.29, 1.82) is 0 Å². The molecule has 0 spiro atoms. The maximum Gasteiger partial charge on any atom is 0.166 e. The second-order valence-electron chi connectivity index (χ2n) is 4.52. The third-order valence-corrected chi connectivity index (χ3v) is 3.56. The van der Waals surface area contributed by atoms with Crippen molar-refractivity contribution >= 4 is 17.4 Å². The third kappa shape index (κ3) is 1.95. The van der Waals surface area contributed by atoms with Crippen molar-refractivity contribution in [2.24, 2.45) is 0 Å². The van der Waals surface area contributed by atoms with Crippen LogP contribution in [0, 0.1) is 0 Å². The lowest BCUT2D eigenvalue weighted by Gasteiger charge is -2.07. The van der Waals surface area contributed by atoms with E-state index in [0.29, 0.717) is 11.4 Å². The number of ketones is 1. The number of halogens is 1. The van der Waals surface area contributed by atoms with E-state index in [4.69, 9.17) is 11.6 Å². The standard InChI is InChI=1S/C14H13ClN2O/c15-10-5-7-11(8-6-10)17-13-3-1-2-4-14(18)12(13)9-16-17/h5-9H,1-4H2. The van der Waals surface area contributed by atoms with Crippen LogP contribution in [0.5, 0.6) is 0 Å². The van der Waals surface area contributed by atoms with Gasteiger partial charge in [-0.3, -0.25) is 4.79 Å². The SMILES string of the molecule is O=C1CCCCc2c1cnn2-c1ccc(Cl)cc1. The van der Waals surface area contributed by atoms with Gasteiger partial charge < -0.3 is 0 Å². The Labute approximate surface area is 110 Å². The van der Waals surface area contributed by atoms with E-state index in [1.807, 2.05) is 28.9 Å². The lowest BCUT2D eigenvalue weighted by atomic mass is 10.1. The van der Waals surface area contributed by atoms with E-state index >= 15 is 0 Å². The van der Waals surface area contributed by atoms with Crippen molar-refractivity contribution in [2.45, 2.75) is 25.7 Å². The van der Waals surface area contributed by atoms with Crippen LogP contribution in [-0.2, 0) is 6.42 Å². The van der Waals surface area contributed by atoms with Gasteiger partial charge in [0.1, 0.15) is 0 Å². The number of hydrogen-bond donors (Lipinski definition) is 0. The van der Waals surface area contributed by atoms with E-state index < -0.39 is 0 Å². The normalized spacial score (nSPS) is 15.3. The molecule has 0 fully saturated rings. The highest BCUT2D eigenvalue weighted by Gasteiger charge is 2.20. The molecule has 0 amide bonds. The molecular weight excluding hydrogens is 248 g/mol. The first-order valence-electron chi connectivity index (χ1n) is 6.12. The Morgan fingerprint density at radius 1 is 1.11 bits per heavy atom. The van der Waals surface area contributed by atoms with E-state index in [0.717, 1.165) is 36.2 Å². The second-order valence-corrected chi connectivity index (χ2v) is 4.96. The predicted octanol–water partition coefficient (Wildman–Crippen LogP) is 3.43. The summed E-state index contributed by atoms with van der Waals surface area (Å²) in [6.07, 6.45) is 5.24. The number of rotatable bonds is 1. The predicted molar refractivity (Wildman–Crippen MR) is 70.5 cm³/mol. The molecule has 18 heavy (non-hydrogen) atoms. The maximum absolute atomic E-state index is 11.9. The number of nitrogens with zero attached hydrogens (tertiary/aromatic N) is 2. The van der Waals surface area contributed by atoms with Gasteiger partial charge >= 0.3 is 0 Å². The van der Waals surface area contributed by atoms with Crippen LogP contribution in [0.15, 0.2) is 30.5 Å². The number of Topliss-reactive ketones (excluding diaryl/α,β-unsaturated/α-hetero) is 1. The van der Waals surface area contributed by atoms with E-state index in [-0.39, 0.29) is 5.78 Å². The fourth-order valence-corrected chi connectivity index (χ4v) is 2.49. The van der Waals surface area contributed by atoms with Gasteiger partial charge in [-0.15, -0.1) is 0 Å². The molecule has 3 rings (SSSR count). The summed E-state index contributed by atoms with van der Waals surface area (Å²) >= 11 is 5.88. The van der Waals surface area contributed by atoms with Gasteiger partial charge in [0, 0.05) is 11.4 Å². The molecule has 0 unspecified atom stereocenters. The molecule has 1 aromatic heterocycles. The average Bonchev–Trinajstić information content (AvgIpc) is 2.71. The van der Waals surface area contributed by atoms with E-state index in [2.05, 4.69) is 5.10 Å². The van der Waals surface area contributed by atoms with Gasteiger partial charge in [-0.2, -0.15) is 5.10 Å². The maximum atomic E-state index is 11.9. The summed E-state index contributed by atoms with van der Waals surface area (Å²) in [5.74, 6) is 0.211. The van der Waals surface area contributed by atoms with Crippen LogP contribution >= 0.6 is 11.6 Å². The van der Waals surface area contributed by atoms with Crippen LogP contribution in [0.25, 0.3) is 5.69 Å². The lowest BCUT2D eigenvalue weighted by Crippen LogP contribution is -2.04. The Morgan fingerprint density at radius 2 is 1.83 bits per heavy atom. The monoisotopic (exact) mass is 260 g/mol. The van der Waals surface area contributed by atoms with Gasteiger partial charge in [-0.1, -0.05) is 11.6 Å². The Hall–Kier alpha value is -1.61. The summed E-state index contributed by atoms with van der Waals surface area (Å²) in [5.41, 5.74) is 2.76. The van der Waals surface area contributed by atoms with Gasteiger partial charge in [0.15, 0.2) is 5.78 Å². The molecule has 0 bridgehead atoms. The first kappa shape index (κ1) is 11.5. The number of aromatic nitrogens is 2. The molecule has 0 saturated heterocycles. The minimum atomic E-state index is 0.211. The van der Waals surface area contributed by atoms with Crippen molar-refractivity contribution in [2.75, 3.05) is 0 Å². The summed E-state index contributed by atoms with van der Waals surface area (Å²) < 4.78 is 1.86. The molecule has 2 aromatic rings. The van der Waals surface area contributed by atoms with E-state index in [1.165, 1.54) is 0 Å². The zero-order chi connectivity index (χ0) is 12.5. The summed E-state index contributed by atoms with van der Waals surface area (Å²) in [7, 11) is 0. The third-order valence-electron chi connectivity index (χ3n) is 3.31. The first-order chi connectivity index (χ1) is 8.75. The molecule has 1 aromatic carbocycles. The Balaban J connectivity index is 2.08. The first-order valence-corrected chi connectivity index (χ1v) is 6.49. The Bertz CT molecular complexity index is 586. The van der Waals surface area contributed by atoms with Crippen LogP contribution in [0.1, 0.15) is 35.3 Å². The highest BCUT2D eigenvalue weighted by Crippen LogP contribution is 2.23. The molecule has 1 heterocycles. The van der Waals surface area contributed by atoms with Crippen LogP contribution in [0.4, 0.5) is 0 Å². The van der Waals surface area contributed by atoms with Crippen molar-refractivity contribution in [3.8, 4) is 5.69 Å². The number of fused-ring (bicyclic) bond motifs is 1. The number of carbonyl (C=O) groups excluding carboxylic acids is 1. The number of carbonyl (C=O) groups is 1. The van der Waals surface area contributed by atoms with Crippen LogP contribution in [0.3, 0.4) is 0 Å². The summed E-state index contributed by atoms with van der Waals surface area (Å²) in [6, 6.07) is 7.52. The molecule has 0 saturated carbocycles. The summed E-state index contributed by atoms with van der Waals surface area (Å²) in [5, 5.41) is 5.04. The van der Waals surface area contributed by atoms with Gasteiger partial charge in [-0.05, 0) is 43.5 Å².